The quantitative estimate of drug-likeness (QED) is 0.429. The number of carboxylic acids is 1. The number of anilines is 1. The smallest absolute Gasteiger partial charge is 0.412 e. The summed E-state index contributed by atoms with van der Waals surface area (Å²) in [7, 11) is 0. The fourth-order valence-electron chi connectivity index (χ4n) is 3.56. The van der Waals surface area contributed by atoms with Crippen molar-refractivity contribution in [1.82, 2.24) is 15.6 Å². The average molecular weight is 438 g/mol. The summed E-state index contributed by atoms with van der Waals surface area (Å²) in [6.07, 6.45) is -0.895. The summed E-state index contributed by atoms with van der Waals surface area (Å²) in [6, 6.07) is 14.1. The second-order valence-electron chi connectivity index (χ2n) is 6.96. The number of aliphatic hydroxyl groups excluding tert-OH is 1. The summed E-state index contributed by atoms with van der Waals surface area (Å²) in [6.45, 7) is -0.792. The number of carbonyl (C=O) groups is 3. The van der Waals surface area contributed by atoms with Crippen LogP contribution in [0.25, 0.3) is 11.1 Å². The Balaban J connectivity index is 1.42. The first-order chi connectivity index (χ1) is 15.5. The molecule has 1 aromatic heterocycles. The van der Waals surface area contributed by atoms with E-state index >= 15 is 0 Å². The van der Waals surface area contributed by atoms with Crippen LogP contribution in [0.15, 0.2) is 53.2 Å². The molecule has 0 saturated heterocycles. The zero-order chi connectivity index (χ0) is 22.7. The lowest BCUT2D eigenvalue weighted by molar-refractivity contribution is -0.140. The van der Waals surface area contributed by atoms with Gasteiger partial charge in [-0.1, -0.05) is 48.5 Å². The van der Waals surface area contributed by atoms with E-state index in [2.05, 4.69) is 20.3 Å². The van der Waals surface area contributed by atoms with Gasteiger partial charge < -0.3 is 20.3 Å². The van der Waals surface area contributed by atoms with Crippen LogP contribution in [0.2, 0.25) is 0 Å². The van der Waals surface area contributed by atoms with E-state index in [0.717, 1.165) is 22.3 Å². The van der Waals surface area contributed by atoms with Gasteiger partial charge in [0, 0.05) is 5.92 Å². The molecular formula is C21H18N4O7. The number of aromatic nitrogens is 2. The molecule has 1 heterocycles. The number of amides is 2. The van der Waals surface area contributed by atoms with Crippen molar-refractivity contribution in [1.29, 1.82) is 0 Å². The molecule has 0 aliphatic heterocycles. The zero-order valence-corrected chi connectivity index (χ0v) is 16.5. The van der Waals surface area contributed by atoms with Gasteiger partial charge in [-0.15, -0.1) is 0 Å². The molecule has 4 rings (SSSR count). The SMILES string of the molecule is O=C(Nc1nonc1C(=O)NC(CO)C(=O)O)OCC1c2ccccc2-c2ccccc21. The van der Waals surface area contributed by atoms with E-state index < -0.39 is 36.3 Å². The van der Waals surface area contributed by atoms with Gasteiger partial charge in [-0.25, -0.2) is 14.2 Å². The molecule has 0 spiro atoms. The Morgan fingerprint density at radius 2 is 1.66 bits per heavy atom. The fraction of sp³-hybridized carbons (Fsp3) is 0.190. The first-order valence-corrected chi connectivity index (χ1v) is 9.58. The summed E-state index contributed by atoms with van der Waals surface area (Å²) in [5.41, 5.74) is 3.77. The normalized spacial score (nSPS) is 13.0. The minimum Gasteiger partial charge on any atom is -0.480 e. The molecule has 11 nitrogen and oxygen atoms in total. The first-order valence-electron chi connectivity index (χ1n) is 9.58. The second kappa shape index (κ2) is 8.86. The van der Waals surface area contributed by atoms with Crippen molar-refractivity contribution in [3.8, 4) is 11.1 Å². The van der Waals surface area contributed by atoms with Gasteiger partial charge in [0.2, 0.25) is 11.5 Å². The number of ether oxygens (including phenoxy) is 1. The van der Waals surface area contributed by atoms with E-state index in [1.54, 1.807) is 0 Å². The average Bonchev–Trinajstić information content (AvgIpc) is 3.38. The predicted molar refractivity (Wildman–Crippen MR) is 109 cm³/mol. The highest BCUT2D eigenvalue weighted by atomic mass is 16.6. The van der Waals surface area contributed by atoms with Crippen LogP contribution in [-0.4, -0.2) is 57.8 Å². The molecule has 2 aromatic carbocycles. The number of hydrogen-bond acceptors (Lipinski definition) is 8. The minimum absolute atomic E-state index is 0.0400. The number of aliphatic carboxylic acids is 1. The zero-order valence-electron chi connectivity index (χ0n) is 16.5. The van der Waals surface area contributed by atoms with E-state index in [1.807, 2.05) is 53.8 Å². The topological polar surface area (TPSA) is 164 Å². The Morgan fingerprint density at radius 1 is 1.03 bits per heavy atom. The maximum Gasteiger partial charge on any atom is 0.412 e. The molecule has 11 heteroatoms. The number of nitrogens with one attached hydrogen (secondary N) is 2. The van der Waals surface area contributed by atoms with Crippen LogP contribution in [-0.2, 0) is 9.53 Å². The summed E-state index contributed by atoms with van der Waals surface area (Å²) >= 11 is 0. The molecule has 1 aliphatic rings. The van der Waals surface area contributed by atoms with E-state index in [9.17, 15) is 14.4 Å². The summed E-state index contributed by atoms with van der Waals surface area (Å²) in [5.74, 6) is -2.95. The molecule has 0 saturated carbocycles. The molecule has 4 N–H and O–H groups in total. The van der Waals surface area contributed by atoms with Crippen LogP contribution in [0.4, 0.5) is 10.6 Å². The predicted octanol–water partition coefficient (Wildman–Crippen LogP) is 1.61. The van der Waals surface area contributed by atoms with Crippen LogP contribution < -0.4 is 10.6 Å². The Kier molecular flexibility index (Phi) is 5.81. The van der Waals surface area contributed by atoms with Gasteiger partial charge in [0.15, 0.2) is 6.04 Å². The molecule has 0 fully saturated rings. The van der Waals surface area contributed by atoms with Crippen molar-refractivity contribution in [3.05, 3.63) is 65.4 Å². The van der Waals surface area contributed by atoms with Crippen molar-refractivity contribution in [2.24, 2.45) is 0 Å². The van der Waals surface area contributed by atoms with Gasteiger partial charge in [0.25, 0.3) is 5.91 Å². The summed E-state index contributed by atoms with van der Waals surface area (Å²) < 4.78 is 9.84. The molecule has 32 heavy (non-hydrogen) atoms. The first kappa shape index (κ1) is 21.0. The lowest BCUT2D eigenvalue weighted by atomic mass is 9.98. The molecule has 1 aliphatic carbocycles. The molecule has 2 amide bonds. The van der Waals surface area contributed by atoms with Crippen molar-refractivity contribution < 1.29 is 34.0 Å². The standard InChI is InChI=1S/C21H18N4O7/c26-9-16(20(28)29)22-19(27)17-18(25-32-24-17)23-21(30)31-10-15-13-7-3-1-5-11(13)12-6-2-4-8-14(12)15/h1-8,15-16,26H,9-10H2,(H,22,27)(H,28,29)(H,23,25,30). The van der Waals surface area contributed by atoms with Gasteiger partial charge in [0.1, 0.15) is 6.61 Å². The van der Waals surface area contributed by atoms with Gasteiger partial charge in [0.05, 0.1) is 6.61 Å². The number of aliphatic hydroxyl groups is 1. The maximum absolute atomic E-state index is 12.3. The largest absolute Gasteiger partial charge is 0.480 e. The van der Waals surface area contributed by atoms with Gasteiger partial charge >= 0.3 is 12.1 Å². The number of benzene rings is 2. The molecule has 1 atom stereocenters. The summed E-state index contributed by atoms with van der Waals surface area (Å²) in [5, 5.41) is 29.1. The van der Waals surface area contributed by atoms with Gasteiger partial charge in [-0.05, 0) is 32.6 Å². The molecule has 0 bridgehead atoms. The molecule has 0 radical (unpaired) electrons. The highest BCUT2D eigenvalue weighted by molar-refractivity contribution is 6.01. The Morgan fingerprint density at radius 3 is 2.25 bits per heavy atom. The third-order valence-electron chi connectivity index (χ3n) is 5.05. The Labute approximate surface area is 181 Å². The number of hydrogen-bond donors (Lipinski definition) is 4. The van der Waals surface area contributed by atoms with Crippen LogP contribution in [0.3, 0.4) is 0 Å². The van der Waals surface area contributed by atoms with Crippen LogP contribution in [0.5, 0.6) is 0 Å². The maximum atomic E-state index is 12.3. The third kappa shape index (κ3) is 4.01. The van der Waals surface area contributed by atoms with Crippen molar-refractivity contribution >= 4 is 23.8 Å². The minimum atomic E-state index is -1.55. The van der Waals surface area contributed by atoms with Gasteiger partial charge in [-0.2, -0.15) is 0 Å². The van der Waals surface area contributed by atoms with Crippen molar-refractivity contribution in [3.63, 3.8) is 0 Å². The van der Waals surface area contributed by atoms with E-state index in [1.165, 1.54) is 0 Å². The third-order valence-corrected chi connectivity index (χ3v) is 5.05. The van der Waals surface area contributed by atoms with E-state index in [4.69, 9.17) is 14.9 Å². The van der Waals surface area contributed by atoms with Gasteiger partial charge in [-0.3, -0.25) is 10.1 Å². The van der Waals surface area contributed by atoms with Crippen molar-refractivity contribution in [2.75, 3.05) is 18.5 Å². The number of nitrogens with zero attached hydrogens (tertiary/aromatic N) is 2. The number of carbonyl (C=O) groups excluding carboxylic acids is 2. The van der Waals surface area contributed by atoms with E-state index in [-0.39, 0.29) is 18.3 Å². The highest BCUT2D eigenvalue weighted by Crippen LogP contribution is 2.44. The number of fused-ring (bicyclic) bond motifs is 3. The van der Waals surface area contributed by atoms with E-state index in [0.29, 0.717) is 0 Å². The number of rotatable bonds is 7. The van der Waals surface area contributed by atoms with Crippen LogP contribution in [0.1, 0.15) is 27.5 Å². The molecule has 1 unspecified atom stereocenters. The summed E-state index contributed by atoms with van der Waals surface area (Å²) in [4.78, 5) is 35.5. The fourth-order valence-corrected chi connectivity index (χ4v) is 3.56. The molecule has 3 aromatic rings. The number of carboxylic acid groups (broad SMARTS) is 1. The molecule has 164 valence electrons. The Bertz CT molecular complexity index is 1130. The highest BCUT2D eigenvalue weighted by Gasteiger charge is 2.30. The van der Waals surface area contributed by atoms with Crippen LogP contribution in [0, 0.1) is 0 Å². The molecular weight excluding hydrogens is 420 g/mol. The lowest BCUT2D eigenvalue weighted by Crippen LogP contribution is -2.43. The lowest BCUT2D eigenvalue weighted by Gasteiger charge is -2.14. The van der Waals surface area contributed by atoms with Crippen molar-refractivity contribution in [2.45, 2.75) is 12.0 Å². The Hall–Kier alpha value is -4.25. The monoisotopic (exact) mass is 438 g/mol. The second-order valence-corrected chi connectivity index (χ2v) is 6.96. The van der Waals surface area contributed by atoms with Crippen LogP contribution >= 0.6 is 0 Å².